The first-order chi connectivity index (χ1) is 9.82. The van der Waals surface area contributed by atoms with Gasteiger partial charge in [0.05, 0.1) is 16.4 Å². The van der Waals surface area contributed by atoms with E-state index in [9.17, 15) is 18.0 Å². The molecule has 0 aliphatic carbocycles. The van der Waals surface area contributed by atoms with Crippen LogP contribution in [0, 0.1) is 0 Å². The number of hydrogen-bond acceptors (Lipinski definition) is 5. The molecule has 1 saturated heterocycles. The number of carboxylic acids is 1. The Bertz CT molecular complexity index is 649. The van der Waals surface area contributed by atoms with Crippen molar-refractivity contribution in [2.45, 2.75) is 25.8 Å². The molecule has 0 radical (unpaired) electrons. The molecule has 8 heteroatoms. The smallest absolute Gasteiger partial charge is 0.323 e. The standard InChI is InChI=1S/C13H17NO5S2/c1-2-10-3-4-11(20-10)13(17)14(7-12(15)16)9-5-6-21(18,19)8-9/h3-4,9H,2,5-8H2,1H3,(H,15,16). The fraction of sp³-hybridized carbons (Fsp3) is 0.538. The van der Waals surface area contributed by atoms with Gasteiger partial charge in [-0.15, -0.1) is 11.3 Å². The van der Waals surface area contributed by atoms with Crippen LogP contribution in [0.3, 0.4) is 0 Å². The summed E-state index contributed by atoms with van der Waals surface area (Å²) in [7, 11) is -3.17. The van der Waals surface area contributed by atoms with Gasteiger partial charge >= 0.3 is 5.97 Å². The Kier molecular flexibility index (Phi) is 4.67. The molecule has 1 atom stereocenters. The van der Waals surface area contributed by atoms with Crippen LogP contribution in [0.1, 0.15) is 27.9 Å². The van der Waals surface area contributed by atoms with Crippen molar-refractivity contribution in [1.29, 1.82) is 0 Å². The molecule has 0 saturated carbocycles. The van der Waals surface area contributed by atoms with Crippen molar-refractivity contribution in [3.63, 3.8) is 0 Å². The number of amides is 1. The topological polar surface area (TPSA) is 91.8 Å². The number of carbonyl (C=O) groups is 2. The van der Waals surface area contributed by atoms with Crippen LogP contribution in [0.4, 0.5) is 0 Å². The Morgan fingerprint density at radius 2 is 2.14 bits per heavy atom. The fourth-order valence-corrected chi connectivity index (χ4v) is 4.99. The van der Waals surface area contributed by atoms with Crippen LogP contribution >= 0.6 is 11.3 Å². The number of nitrogens with zero attached hydrogens (tertiary/aromatic N) is 1. The normalized spacial score (nSPS) is 20.3. The number of carboxylic acid groups (broad SMARTS) is 1. The molecule has 0 spiro atoms. The van der Waals surface area contributed by atoms with Gasteiger partial charge in [-0.25, -0.2) is 8.42 Å². The molecule has 1 fully saturated rings. The Labute approximate surface area is 127 Å². The zero-order chi connectivity index (χ0) is 15.6. The predicted molar refractivity (Wildman–Crippen MR) is 79.4 cm³/mol. The van der Waals surface area contributed by atoms with Crippen molar-refractivity contribution in [1.82, 2.24) is 4.90 Å². The van der Waals surface area contributed by atoms with Gasteiger partial charge < -0.3 is 10.0 Å². The molecule has 116 valence electrons. The second kappa shape index (κ2) is 6.15. The summed E-state index contributed by atoms with van der Waals surface area (Å²) < 4.78 is 23.1. The molecule has 1 aromatic heterocycles. The first-order valence-electron chi connectivity index (χ1n) is 6.64. The van der Waals surface area contributed by atoms with Gasteiger partial charge in [0, 0.05) is 10.9 Å². The molecule has 1 amide bonds. The van der Waals surface area contributed by atoms with E-state index in [-0.39, 0.29) is 11.5 Å². The van der Waals surface area contributed by atoms with E-state index < -0.39 is 34.3 Å². The molecule has 21 heavy (non-hydrogen) atoms. The third-order valence-corrected chi connectivity index (χ3v) is 6.40. The number of aliphatic carboxylic acids is 1. The van der Waals surface area contributed by atoms with Crippen LogP contribution in [0.5, 0.6) is 0 Å². The van der Waals surface area contributed by atoms with E-state index in [1.54, 1.807) is 6.07 Å². The number of sulfone groups is 1. The summed E-state index contributed by atoms with van der Waals surface area (Å²) in [5.74, 6) is -1.69. The molecular weight excluding hydrogens is 314 g/mol. The minimum absolute atomic E-state index is 0.00567. The Balaban J connectivity index is 2.23. The van der Waals surface area contributed by atoms with E-state index in [2.05, 4.69) is 0 Å². The molecule has 6 nitrogen and oxygen atoms in total. The summed E-state index contributed by atoms with van der Waals surface area (Å²) in [4.78, 5) is 26.1. The molecule has 2 rings (SSSR count). The van der Waals surface area contributed by atoms with Crippen molar-refractivity contribution < 1.29 is 23.1 Å². The van der Waals surface area contributed by atoms with Crippen molar-refractivity contribution in [2.24, 2.45) is 0 Å². The van der Waals surface area contributed by atoms with Crippen LogP contribution in [0.2, 0.25) is 0 Å². The predicted octanol–water partition coefficient (Wildman–Crippen LogP) is 1.02. The summed E-state index contributed by atoms with van der Waals surface area (Å²) in [6.07, 6.45) is 1.10. The molecule has 1 unspecified atom stereocenters. The van der Waals surface area contributed by atoms with E-state index in [0.29, 0.717) is 11.3 Å². The average Bonchev–Trinajstić information content (AvgIpc) is 3.01. The Hall–Kier alpha value is -1.41. The second-order valence-corrected chi connectivity index (χ2v) is 8.40. The zero-order valence-electron chi connectivity index (χ0n) is 11.6. The molecule has 1 N–H and O–H groups in total. The number of thiophene rings is 1. The van der Waals surface area contributed by atoms with E-state index >= 15 is 0 Å². The van der Waals surface area contributed by atoms with Gasteiger partial charge in [0.2, 0.25) is 0 Å². The lowest BCUT2D eigenvalue weighted by atomic mass is 10.2. The first-order valence-corrected chi connectivity index (χ1v) is 9.28. The van der Waals surface area contributed by atoms with Crippen molar-refractivity contribution >= 4 is 33.1 Å². The molecule has 1 aromatic rings. The fourth-order valence-electron chi connectivity index (χ4n) is 2.36. The van der Waals surface area contributed by atoms with E-state index in [0.717, 1.165) is 11.3 Å². The number of rotatable bonds is 5. The van der Waals surface area contributed by atoms with Gasteiger partial charge in [0.25, 0.3) is 5.91 Å². The highest BCUT2D eigenvalue weighted by atomic mass is 32.2. The zero-order valence-corrected chi connectivity index (χ0v) is 13.2. The van der Waals surface area contributed by atoms with Crippen LogP contribution in [-0.2, 0) is 21.1 Å². The van der Waals surface area contributed by atoms with Gasteiger partial charge in [-0.05, 0) is 25.0 Å². The molecule has 2 heterocycles. The maximum absolute atomic E-state index is 12.5. The minimum atomic E-state index is -3.17. The summed E-state index contributed by atoms with van der Waals surface area (Å²) in [6, 6.07) is 2.96. The van der Waals surface area contributed by atoms with Crippen LogP contribution < -0.4 is 0 Å². The van der Waals surface area contributed by atoms with Gasteiger partial charge in [-0.3, -0.25) is 9.59 Å². The van der Waals surface area contributed by atoms with Crippen molar-refractivity contribution in [2.75, 3.05) is 18.1 Å². The lowest BCUT2D eigenvalue weighted by Crippen LogP contribution is -2.43. The van der Waals surface area contributed by atoms with E-state index in [1.807, 2.05) is 13.0 Å². The van der Waals surface area contributed by atoms with Gasteiger partial charge in [0.1, 0.15) is 6.54 Å². The Morgan fingerprint density at radius 3 is 2.62 bits per heavy atom. The van der Waals surface area contributed by atoms with Crippen LogP contribution in [0.25, 0.3) is 0 Å². The molecule has 1 aliphatic rings. The second-order valence-electron chi connectivity index (χ2n) is 5.00. The number of aryl methyl sites for hydroxylation is 1. The highest BCUT2D eigenvalue weighted by Gasteiger charge is 2.36. The van der Waals surface area contributed by atoms with Gasteiger partial charge in [-0.1, -0.05) is 6.92 Å². The number of carbonyl (C=O) groups excluding carboxylic acids is 1. The van der Waals surface area contributed by atoms with Crippen LogP contribution in [0.15, 0.2) is 12.1 Å². The Morgan fingerprint density at radius 1 is 1.43 bits per heavy atom. The maximum Gasteiger partial charge on any atom is 0.323 e. The average molecular weight is 331 g/mol. The number of hydrogen-bond donors (Lipinski definition) is 1. The summed E-state index contributed by atoms with van der Waals surface area (Å²) in [6.45, 7) is 1.50. The first kappa shape index (κ1) is 16.0. The summed E-state index contributed by atoms with van der Waals surface area (Å²) in [5, 5.41) is 8.98. The molecular formula is C13H17NO5S2. The highest BCUT2D eigenvalue weighted by molar-refractivity contribution is 7.91. The quantitative estimate of drug-likeness (QED) is 0.870. The molecule has 1 aliphatic heterocycles. The highest BCUT2D eigenvalue weighted by Crippen LogP contribution is 2.23. The minimum Gasteiger partial charge on any atom is -0.480 e. The van der Waals surface area contributed by atoms with E-state index in [4.69, 9.17) is 5.11 Å². The summed E-state index contributed by atoms with van der Waals surface area (Å²) >= 11 is 1.32. The molecule has 0 bridgehead atoms. The SMILES string of the molecule is CCc1ccc(C(=O)N(CC(=O)O)C2CCS(=O)(=O)C2)s1. The third kappa shape index (κ3) is 3.82. The monoisotopic (exact) mass is 331 g/mol. The lowest BCUT2D eigenvalue weighted by Gasteiger charge is -2.26. The lowest BCUT2D eigenvalue weighted by molar-refractivity contribution is -0.138. The van der Waals surface area contributed by atoms with E-state index in [1.165, 1.54) is 16.2 Å². The molecule has 0 aromatic carbocycles. The maximum atomic E-state index is 12.5. The van der Waals surface area contributed by atoms with Gasteiger partial charge in [-0.2, -0.15) is 0 Å². The third-order valence-electron chi connectivity index (χ3n) is 3.44. The summed E-state index contributed by atoms with van der Waals surface area (Å²) in [5.41, 5.74) is 0. The van der Waals surface area contributed by atoms with Crippen molar-refractivity contribution in [3.8, 4) is 0 Å². The van der Waals surface area contributed by atoms with Crippen molar-refractivity contribution in [3.05, 3.63) is 21.9 Å². The van der Waals surface area contributed by atoms with Crippen LogP contribution in [-0.4, -0.2) is 54.4 Å². The largest absolute Gasteiger partial charge is 0.480 e. The van der Waals surface area contributed by atoms with Gasteiger partial charge in [0.15, 0.2) is 9.84 Å².